The molecular weight excluding hydrogens is 417 g/mol. The molecule has 3 nitrogen and oxygen atoms in total. The molecule has 0 aliphatic carbocycles. The van der Waals surface area contributed by atoms with E-state index in [9.17, 15) is 5.26 Å². The first-order chi connectivity index (χ1) is 13.6. The maximum atomic E-state index is 15.1. The highest BCUT2D eigenvalue weighted by Gasteiger charge is 2.21. The average molecular weight is 430 g/mol. The molecule has 5 rings (SSSR count). The molecule has 134 valence electrons. The number of benzene rings is 4. The minimum Gasteiger partial charge on any atom is -0.267 e. The Balaban J connectivity index is 1.91. The zero-order valence-corrected chi connectivity index (χ0v) is 16.5. The van der Waals surface area contributed by atoms with Crippen molar-refractivity contribution in [1.29, 1.82) is 5.26 Å². The second-order valence-electron chi connectivity index (χ2n) is 6.80. The fourth-order valence-corrected chi connectivity index (χ4v) is 4.39. The van der Waals surface area contributed by atoms with Crippen LogP contribution in [0.15, 0.2) is 65.3 Å². The Labute approximate surface area is 168 Å². The molecule has 5 aromatic rings. The SMILES string of the molecule is Cn1ncc(Br)c1-c1c(F)cc2cc3cc4ccccc4cc3cc2c1C#N. The molecule has 0 radical (unpaired) electrons. The van der Waals surface area contributed by atoms with E-state index in [1.807, 2.05) is 24.3 Å². The lowest BCUT2D eigenvalue weighted by molar-refractivity contribution is 0.629. The van der Waals surface area contributed by atoms with Crippen LogP contribution in [0.25, 0.3) is 43.6 Å². The van der Waals surface area contributed by atoms with Gasteiger partial charge in [0.1, 0.15) is 11.9 Å². The van der Waals surface area contributed by atoms with E-state index in [4.69, 9.17) is 0 Å². The topological polar surface area (TPSA) is 41.6 Å². The van der Waals surface area contributed by atoms with Crippen molar-refractivity contribution in [3.8, 4) is 17.3 Å². The number of halogens is 2. The van der Waals surface area contributed by atoms with Gasteiger partial charge in [-0.2, -0.15) is 10.4 Å². The van der Waals surface area contributed by atoms with Crippen molar-refractivity contribution >= 4 is 48.2 Å². The first-order valence-corrected chi connectivity index (χ1v) is 9.53. The molecule has 0 spiro atoms. The molecule has 0 bridgehead atoms. The molecule has 0 aliphatic heterocycles. The van der Waals surface area contributed by atoms with Gasteiger partial charge in [0, 0.05) is 12.4 Å². The van der Waals surface area contributed by atoms with Crippen molar-refractivity contribution in [2.24, 2.45) is 7.05 Å². The summed E-state index contributed by atoms with van der Waals surface area (Å²) in [6, 6.07) is 20.0. The Hall–Kier alpha value is -3.23. The summed E-state index contributed by atoms with van der Waals surface area (Å²) in [5, 5.41) is 19.8. The van der Waals surface area contributed by atoms with E-state index in [1.165, 1.54) is 6.07 Å². The van der Waals surface area contributed by atoms with E-state index >= 15 is 4.39 Å². The highest BCUT2D eigenvalue weighted by Crippen LogP contribution is 2.38. The van der Waals surface area contributed by atoms with Crippen LogP contribution in [0, 0.1) is 17.1 Å². The van der Waals surface area contributed by atoms with Gasteiger partial charge in [-0.05, 0) is 73.2 Å². The van der Waals surface area contributed by atoms with Gasteiger partial charge in [-0.15, -0.1) is 0 Å². The lowest BCUT2D eigenvalue weighted by Crippen LogP contribution is -1.99. The van der Waals surface area contributed by atoms with Gasteiger partial charge < -0.3 is 0 Å². The summed E-state index contributed by atoms with van der Waals surface area (Å²) in [5.74, 6) is -0.437. The molecule has 28 heavy (non-hydrogen) atoms. The minimum absolute atomic E-state index is 0.266. The highest BCUT2D eigenvalue weighted by atomic mass is 79.9. The third kappa shape index (κ3) is 2.42. The summed E-state index contributed by atoms with van der Waals surface area (Å²) in [6.45, 7) is 0. The molecule has 0 amide bonds. The molecule has 0 saturated heterocycles. The third-order valence-electron chi connectivity index (χ3n) is 5.16. The van der Waals surface area contributed by atoms with E-state index in [0.29, 0.717) is 21.1 Å². The van der Waals surface area contributed by atoms with Crippen molar-refractivity contribution in [2.45, 2.75) is 0 Å². The monoisotopic (exact) mass is 429 g/mol. The number of rotatable bonds is 1. The maximum Gasteiger partial charge on any atom is 0.134 e. The molecule has 0 atom stereocenters. The van der Waals surface area contributed by atoms with Crippen LogP contribution >= 0.6 is 15.9 Å². The van der Waals surface area contributed by atoms with Gasteiger partial charge in [-0.1, -0.05) is 24.3 Å². The Morgan fingerprint density at radius 1 is 0.964 bits per heavy atom. The predicted octanol–water partition coefficient (Wildman–Crippen LogP) is 6.32. The molecule has 1 heterocycles. The largest absolute Gasteiger partial charge is 0.267 e. The highest BCUT2D eigenvalue weighted by molar-refractivity contribution is 9.10. The quantitative estimate of drug-likeness (QED) is 0.292. The fraction of sp³-hybridized carbons (Fsp3) is 0.0435. The van der Waals surface area contributed by atoms with Crippen molar-refractivity contribution in [2.75, 3.05) is 0 Å². The third-order valence-corrected chi connectivity index (χ3v) is 5.74. The van der Waals surface area contributed by atoms with Gasteiger partial charge in [-0.3, -0.25) is 4.68 Å². The molecule has 0 aliphatic rings. The summed E-state index contributed by atoms with van der Waals surface area (Å²) in [6.07, 6.45) is 1.60. The molecule has 4 aromatic carbocycles. The van der Waals surface area contributed by atoms with Crippen LogP contribution in [0.3, 0.4) is 0 Å². The van der Waals surface area contributed by atoms with Crippen LogP contribution in [0.4, 0.5) is 4.39 Å². The smallest absolute Gasteiger partial charge is 0.134 e. The summed E-state index contributed by atoms with van der Waals surface area (Å²) >= 11 is 3.42. The Bertz CT molecular complexity index is 1440. The Morgan fingerprint density at radius 3 is 2.21 bits per heavy atom. The van der Waals surface area contributed by atoms with Gasteiger partial charge in [-0.25, -0.2) is 4.39 Å². The minimum atomic E-state index is -0.437. The number of nitriles is 1. The van der Waals surface area contributed by atoms with E-state index in [1.54, 1.807) is 17.9 Å². The molecule has 1 aromatic heterocycles. The van der Waals surface area contributed by atoms with Crippen molar-refractivity contribution < 1.29 is 4.39 Å². The van der Waals surface area contributed by atoms with E-state index in [0.717, 1.165) is 26.9 Å². The number of hydrogen-bond acceptors (Lipinski definition) is 2. The van der Waals surface area contributed by atoms with Crippen molar-refractivity contribution in [1.82, 2.24) is 9.78 Å². The fourth-order valence-electron chi connectivity index (χ4n) is 3.85. The van der Waals surface area contributed by atoms with Gasteiger partial charge in [0.05, 0.1) is 27.5 Å². The summed E-state index contributed by atoms with van der Waals surface area (Å²) in [7, 11) is 1.73. The number of hydrogen-bond donors (Lipinski definition) is 0. The van der Waals surface area contributed by atoms with Crippen molar-refractivity contribution in [3.05, 3.63) is 76.6 Å². The summed E-state index contributed by atoms with van der Waals surface area (Å²) in [5.41, 5.74) is 1.13. The summed E-state index contributed by atoms with van der Waals surface area (Å²) in [4.78, 5) is 0. The van der Waals surface area contributed by atoms with Crippen LogP contribution in [0.5, 0.6) is 0 Å². The maximum absolute atomic E-state index is 15.1. The van der Waals surface area contributed by atoms with Crippen LogP contribution in [-0.4, -0.2) is 9.78 Å². The zero-order valence-electron chi connectivity index (χ0n) is 14.9. The number of nitrogens with zero attached hydrogens (tertiary/aromatic N) is 3. The number of aromatic nitrogens is 2. The van der Waals surface area contributed by atoms with E-state index < -0.39 is 5.82 Å². The van der Waals surface area contributed by atoms with Crippen LogP contribution in [0.2, 0.25) is 0 Å². The second kappa shape index (κ2) is 6.15. The average Bonchev–Trinajstić information content (AvgIpc) is 3.02. The zero-order chi connectivity index (χ0) is 19.4. The van der Waals surface area contributed by atoms with Gasteiger partial charge >= 0.3 is 0 Å². The molecule has 5 heteroatoms. The first-order valence-electron chi connectivity index (χ1n) is 8.73. The van der Waals surface area contributed by atoms with Crippen LogP contribution in [0.1, 0.15) is 5.56 Å². The van der Waals surface area contributed by atoms with E-state index in [-0.39, 0.29) is 5.56 Å². The van der Waals surface area contributed by atoms with Crippen LogP contribution < -0.4 is 0 Å². The van der Waals surface area contributed by atoms with Gasteiger partial charge in [0.15, 0.2) is 0 Å². The van der Waals surface area contributed by atoms with Gasteiger partial charge in [0.2, 0.25) is 0 Å². The summed E-state index contributed by atoms with van der Waals surface area (Å²) < 4.78 is 17.4. The normalized spacial score (nSPS) is 11.4. The Kier molecular flexibility index (Phi) is 3.71. The number of fused-ring (bicyclic) bond motifs is 3. The predicted molar refractivity (Wildman–Crippen MR) is 114 cm³/mol. The van der Waals surface area contributed by atoms with Crippen molar-refractivity contribution in [3.63, 3.8) is 0 Å². The molecule has 0 fully saturated rings. The Morgan fingerprint density at radius 2 is 1.61 bits per heavy atom. The molecule has 0 saturated carbocycles. The van der Waals surface area contributed by atoms with Gasteiger partial charge in [0.25, 0.3) is 0 Å². The number of aryl methyl sites for hydroxylation is 1. The molecule has 0 unspecified atom stereocenters. The van der Waals surface area contributed by atoms with E-state index in [2.05, 4.69) is 51.4 Å². The second-order valence-corrected chi connectivity index (χ2v) is 7.66. The lowest BCUT2D eigenvalue weighted by atomic mass is 9.93. The first kappa shape index (κ1) is 16.9. The van der Waals surface area contributed by atoms with Crippen LogP contribution in [-0.2, 0) is 7.05 Å². The molecule has 0 N–H and O–H groups in total. The standard InChI is InChI=1S/C23H13BrFN3/c1-28-23(20(24)12-27-28)22-19(11-26)18-9-16-7-14-5-3-2-4-13(14)6-15(16)8-17(18)10-21(22)25/h2-10,12H,1H3. The lowest BCUT2D eigenvalue weighted by Gasteiger charge is -2.12. The molecular formula is C23H13BrFN3.